The molecule has 3 aromatic rings. The van der Waals surface area contributed by atoms with Crippen LogP contribution in [-0.4, -0.2) is 17.0 Å². The molecule has 0 spiro atoms. The second-order valence-corrected chi connectivity index (χ2v) is 14.1. The first-order valence-electron chi connectivity index (χ1n) is 10.4. The van der Waals surface area contributed by atoms with Gasteiger partial charge < -0.3 is 0 Å². The predicted molar refractivity (Wildman–Crippen MR) is 147 cm³/mol. The maximum atomic E-state index is 7.50. The van der Waals surface area contributed by atoms with Crippen LogP contribution in [0, 0.1) is 24.3 Å². The van der Waals surface area contributed by atoms with Crippen molar-refractivity contribution < 1.29 is 28.2 Å². The van der Waals surface area contributed by atoms with Crippen LogP contribution >= 0.6 is 27.3 Å². The molecule has 0 radical (unpaired) electrons. The van der Waals surface area contributed by atoms with Gasteiger partial charge >= 0.3 is 116 Å². The summed E-state index contributed by atoms with van der Waals surface area (Å²) in [6, 6.07) is 33.6. The number of halogens is 1. The molecular formula is C28H29INO3PW. The van der Waals surface area contributed by atoms with E-state index in [4.69, 9.17) is 14.0 Å². The van der Waals surface area contributed by atoms with E-state index in [9.17, 15) is 0 Å². The van der Waals surface area contributed by atoms with E-state index in [2.05, 4.69) is 167 Å². The second kappa shape index (κ2) is 24.2. The topological polar surface area (TPSA) is 62.9 Å². The van der Waals surface area contributed by atoms with Gasteiger partial charge in [-0.15, -0.1) is 0 Å². The first-order valence-corrected chi connectivity index (χ1v) is 21.5. The molecule has 3 rings (SSSR count). The summed E-state index contributed by atoms with van der Waals surface area (Å²) in [5.41, 5.74) is 0. The van der Waals surface area contributed by atoms with E-state index in [0.717, 1.165) is 0 Å². The number of benzene rings is 3. The Kier molecular flexibility index (Phi) is 24.6. The van der Waals surface area contributed by atoms with Crippen molar-refractivity contribution in [1.82, 2.24) is 4.90 Å². The summed E-state index contributed by atoms with van der Waals surface area (Å²) in [6.07, 6.45) is 0. The minimum absolute atomic E-state index is 0.284. The number of hydrogen-bond donors (Lipinski definition) is 0. The van der Waals surface area contributed by atoms with E-state index in [0.29, 0.717) is 12.1 Å². The maximum Gasteiger partial charge on any atom is -0.0134 e. The first kappa shape index (κ1) is 35.6. The molecule has 35 heavy (non-hydrogen) atoms. The molecule has 4 nitrogen and oxygen atoms in total. The van der Waals surface area contributed by atoms with E-state index in [1.807, 2.05) is 0 Å². The molecule has 0 atom stereocenters. The molecule has 0 saturated heterocycles. The molecule has 0 fully saturated rings. The second-order valence-electron chi connectivity index (χ2n) is 7.11. The van der Waals surface area contributed by atoms with Crippen molar-refractivity contribution in [2.45, 2.75) is 39.8 Å². The summed E-state index contributed by atoms with van der Waals surface area (Å²) in [6.45, 7) is 22.4. The molecule has 0 N–H and O–H groups in total. The summed E-state index contributed by atoms with van der Waals surface area (Å²) in [7, 11) is -0.446. The van der Waals surface area contributed by atoms with Crippen molar-refractivity contribution in [3.05, 3.63) is 111 Å². The summed E-state index contributed by atoms with van der Waals surface area (Å²) < 4.78 is 26.0. The molecule has 0 amide bonds. The molecular weight excluding hydrogens is 740 g/mol. The Morgan fingerprint density at radius 2 is 0.886 bits per heavy atom. The average Bonchev–Trinajstić information content (AvgIpc) is 2.93. The molecule has 0 aliphatic heterocycles. The van der Waals surface area contributed by atoms with Crippen molar-refractivity contribution in [2.24, 2.45) is 0 Å². The largest absolute Gasteiger partial charge is 0.0622 e. The first-order chi connectivity index (χ1) is 17.0. The van der Waals surface area contributed by atoms with Gasteiger partial charge in [0.05, 0.1) is 0 Å². The maximum absolute atomic E-state index is 7.50. The fourth-order valence-electron chi connectivity index (χ4n) is 3.03. The van der Waals surface area contributed by atoms with Gasteiger partial charge in [0.1, 0.15) is 0 Å². The molecule has 0 aliphatic carbocycles. The summed E-state index contributed by atoms with van der Waals surface area (Å²) >= 11 is 2.20. The Morgan fingerprint density at radius 1 is 0.629 bits per heavy atom. The van der Waals surface area contributed by atoms with Gasteiger partial charge in [-0.1, -0.05) is 91.0 Å². The van der Waals surface area contributed by atoms with Crippen LogP contribution in [0.3, 0.4) is 0 Å². The third kappa shape index (κ3) is 14.6. The fraction of sp³-hybridized carbons (Fsp3) is 0.214. The van der Waals surface area contributed by atoms with E-state index in [1.165, 1.54) is 15.9 Å². The van der Waals surface area contributed by atoms with Crippen LogP contribution in [0.5, 0.6) is 0 Å². The quantitative estimate of drug-likeness (QED) is 0.107. The molecule has 7 heteroatoms. The van der Waals surface area contributed by atoms with Crippen LogP contribution in [0.25, 0.3) is 0 Å². The van der Waals surface area contributed by atoms with Crippen LogP contribution in [0.2, 0.25) is 0 Å². The Bertz CT molecular complexity index is 915. The monoisotopic (exact) mass is 769 g/mol. The van der Waals surface area contributed by atoms with Gasteiger partial charge in [0.25, 0.3) is 0 Å². The summed E-state index contributed by atoms with van der Waals surface area (Å²) in [5, 5.41) is 4.19. The molecule has 0 bridgehead atoms. The van der Waals surface area contributed by atoms with E-state index >= 15 is 0 Å². The van der Waals surface area contributed by atoms with E-state index in [1.54, 1.807) is 0 Å². The Morgan fingerprint density at radius 3 is 1.06 bits per heavy atom. The van der Waals surface area contributed by atoms with Crippen LogP contribution in [0.15, 0.2) is 91.0 Å². The third-order valence-corrected chi connectivity index (χ3v) is 9.36. The van der Waals surface area contributed by atoms with E-state index < -0.39 is 7.92 Å². The van der Waals surface area contributed by atoms with Crippen LogP contribution in [0.4, 0.5) is 0 Å². The molecule has 0 saturated carbocycles. The van der Waals surface area contributed by atoms with Gasteiger partial charge in [-0.05, 0) is 23.8 Å². The Labute approximate surface area is 229 Å². The van der Waals surface area contributed by atoms with Crippen molar-refractivity contribution in [3.63, 3.8) is 0 Å². The molecule has 3 aromatic carbocycles. The van der Waals surface area contributed by atoms with Gasteiger partial charge in [0.15, 0.2) is 0 Å². The summed E-state index contributed by atoms with van der Waals surface area (Å²) in [4.78, 5) is 2.33. The van der Waals surface area contributed by atoms with Gasteiger partial charge in [-0.3, -0.25) is 0 Å². The zero-order valence-corrected chi connectivity index (χ0v) is 26.2. The molecule has 0 aliphatic rings. The standard InChI is InChI=1S/C18H15P.C7H14N.3CO.HI.W/c1-4-10-16(11-5-1)19(17-12-6-2-7-13-17)18-14-8-3-9-15-18;1-6(2)8(5)7(3)4;3*1-2;;/h1-15H;6-7H,1-4H3;;;;1H;/q;;;;;;+1/p-1. The summed E-state index contributed by atoms with van der Waals surface area (Å²) in [5.74, 6) is 0. The number of nitrogens with zero attached hydrogens (tertiary/aromatic N) is 1. The normalized spacial score (nSPS) is 9.00. The molecule has 0 aromatic heterocycles. The van der Waals surface area contributed by atoms with Crippen molar-refractivity contribution in [2.75, 3.05) is 0 Å². The van der Waals surface area contributed by atoms with Crippen molar-refractivity contribution in [1.29, 1.82) is 0 Å². The van der Waals surface area contributed by atoms with Crippen LogP contribution in [-0.2, 0) is 28.2 Å². The minimum atomic E-state index is -0.446. The molecule has 0 heterocycles. The minimum Gasteiger partial charge on any atom is -0.0622 e. The van der Waals surface area contributed by atoms with Crippen molar-refractivity contribution in [3.8, 4) is 4.33 Å². The van der Waals surface area contributed by atoms with Gasteiger partial charge in [0.2, 0.25) is 0 Å². The Balaban J connectivity index is 0. The van der Waals surface area contributed by atoms with Crippen molar-refractivity contribution >= 4 is 43.2 Å². The van der Waals surface area contributed by atoms with Gasteiger partial charge in [-0.25, -0.2) is 0 Å². The number of hydrogen-bond acceptors (Lipinski definition) is 1. The smallest absolute Gasteiger partial charge is 0.0134 e. The van der Waals surface area contributed by atoms with Gasteiger partial charge in [-0.2, -0.15) is 0 Å². The zero-order valence-electron chi connectivity index (χ0n) is 20.2. The van der Waals surface area contributed by atoms with Crippen LogP contribution < -0.4 is 15.9 Å². The fourth-order valence-corrected chi connectivity index (χ4v) is 8.99. The third-order valence-electron chi connectivity index (χ3n) is 4.30. The van der Waals surface area contributed by atoms with E-state index in [-0.39, 0.29) is 14.2 Å². The molecule has 182 valence electrons. The van der Waals surface area contributed by atoms with Crippen LogP contribution in [0.1, 0.15) is 27.7 Å². The zero-order chi connectivity index (χ0) is 27.1. The van der Waals surface area contributed by atoms with Gasteiger partial charge in [0, 0.05) is 0 Å². The molecule has 0 unspecified atom stereocenters. The predicted octanol–water partition coefficient (Wildman–Crippen LogP) is 5.79. The number of rotatable bonds is 5. The Hall–Kier alpha value is -1.53. The SMILES string of the molecule is CC(C)N([C]#[W][I])C(C)C.[C-]#[O+].[C-]#[O+].[C-]#[O+].c1ccc(P(c2ccccc2)c2ccccc2)cc1. The average molecular weight is 769 g/mol.